The van der Waals surface area contributed by atoms with Gasteiger partial charge < -0.3 is 4.55 Å². The van der Waals surface area contributed by atoms with Crippen LogP contribution in [0.1, 0.15) is 132 Å². The fraction of sp³-hybridized carbons (Fsp3) is 0.872. The molecule has 0 aromatic carbocycles. The number of nitriles is 1. The molecule has 11 unspecified atom stereocenters. The van der Waals surface area contributed by atoms with E-state index in [-0.39, 0.29) is 93.4 Å². The average Bonchev–Trinajstić information content (AvgIpc) is 3.64. The first kappa shape index (κ1) is 44.8. The van der Waals surface area contributed by atoms with Gasteiger partial charge in [0.05, 0.1) is 39.4 Å². The number of rotatable bonds is 7. The Morgan fingerprint density at radius 2 is 1.46 bits per heavy atom. The number of piperidine rings is 1. The van der Waals surface area contributed by atoms with Gasteiger partial charge in [-0.3, -0.25) is 20.9 Å². The molecule has 3 N–H and O–H groups in total. The van der Waals surface area contributed by atoms with Crippen molar-refractivity contribution >= 4 is 32.9 Å². The predicted octanol–water partition coefficient (Wildman–Crippen LogP) is 3.90. The van der Waals surface area contributed by atoms with Crippen molar-refractivity contribution < 1.29 is 64.4 Å². The van der Waals surface area contributed by atoms with E-state index < -0.39 is 20.8 Å². The summed E-state index contributed by atoms with van der Waals surface area (Å²) in [6, 6.07) is 2.86. The van der Waals surface area contributed by atoms with Gasteiger partial charge in [-0.2, -0.15) is 20.2 Å². The first-order chi connectivity index (χ1) is 24.8. The van der Waals surface area contributed by atoms with E-state index in [4.69, 9.17) is 20.3 Å². The van der Waals surface area contributed by atoms with E-state index in [2.05, 4.69) is 70.5 Å². The summed E-state index contributed by atoms with van der Waals surface area (Å²) in [6.07, 6.45) is 6.84. The van der Waals surface area contributed by atoms with Crippen LogP contribution in [0.15, 0.2) is 15.2 Å². The molecular weight excluding hydrogens is 746 g/mol. The third-order valence-electron chi connectivity index (χ3n) is 13.0. The Kier molecular flexibility index (Phi) is 14.9. The first-order valence-electron chi connectivity index (χ1n) is 20.3. The second-order valence-electron chi connectivity index (χ2n) is 18.9. The first-order valence-corrected chi connectivity index (χ1v) is 22.6. The van der Waals surface area contributed by atoms with Crippen LogP contribution < -0.4 is 67.3 Å². The molecule has 54 heavy (non-hydrogen) atoms. The molecule has 12 nitrogen and oxygen atoms in total. The van der Waals surface area contributed by atoms with Crippen molar-refractivity contribution in [3.05, 3.63) is 11.3 Å². The molecule has 3 saturated carbocycles. The minimum atomic E-state index is -4.38. The topological polar surface area (TPSA) is 172 Å². The van der Waals surface area contributed by atoms with Crippen LogP contribution in [0.3, 0.4) is 0 Å². The molecule has 1 aromatic heterocycles. The molecule has 2 aliphatic heterocycles. The van der Waals surface area contributed by atoms with Crippen LogP contribution in [0.25, 0.3) is 0 Å². The van der Waals surface area contributed by atoms with Gasteiger partial charge in [0, 0.05) is 22.7 Å². The van der Waals surface area contributed by atoms with Gasteiger partial charge in [0.25, 0.3) is 0 Å². The van der Waals surface area contributed by atoms with E-state index in [1.807, 2.05) is 20.8 Å². The number of hydrogen-bond acceptors (Lipinski definition) is 12. The van der Waals surface area contributed by atoms with E-state index in [0.717, 1.165) is 12.3 Å². The summed E-state index contributed by atoms with van der Waals surface area (Å²) in [4.78, 5) is 4.97. The maximum absolute atomic E-state index is 11.9. The maximum atomic E-state index is 11.9. The Hall–Kier alpha value is -0.254. The average molecular weight is 810 g/mol. The summed E-state index contributed by atoms with van der Waals surface area (Å²) in [6.45, 7) is 22.6. The summed E-state index contributed by atoms with van der Waals surface area (Å²) >= 11 is 1.43. The zero-order chi connectivity index (χ0) is 38.6. The number of nitrogens with zero attached hydrogens (tertiary/aromatic N) is 6. The van der Waals surface area contributed by atoms with E-state index in [1.165, 1.54) is 37.4 Å². The van der Waals surface area contributed by atoms with Gasteiger partial charge in [0.15, 0.2) is 11.0 Å². The SMILES string of the molecule is CC1CC(C)C(NC2CC(C)C(N=Nc3c(C#N)c(C(C)(C)C)nn3C3=NC4CCC(S(=O)(=O)[O-])CC4S3)C(NC3C(C)CC(C)CC3C)N2)C(C)C1.[K+]. The van der Waals surface area contributed by atoms with Crippen molar-refractivity contribution in [2.24, 2.45) is 56.6 Å². The molecule has 1 saturated heterocycles. The largest absolute Gasteiger partial charge is 1.00 e. The Balaban J connectivity index is 0.00000561. The number of azo groups is 1. The normalized spacial score (nSPS) is 40.5. The quantitative estimate of drug-likeness (QED) is 0.210. The second kappa shape index (κ2) is 17.9. The molecule has 11 atom stereocenters. The Labute approximate surface area is 371 Å². The van der Waals surface area contributed by atoms with Crippen LogP contribution in [-0.2, 0) is 15.5 Å². The maximum Gasteiger partial charge on any atom is 1.00 e. The Bertz CT molecular complexity index is 1670. The monoisotopic (exact) mass is 809 g/mol. The van der Waals surface area contributed by atoms with Crippen LogP contribution in [0, 0.1) is 52.8 Å². The summed E-state index contributed by atoms with van der Waals surface area (Å²) in [7, 11) is -4.38. The molecule has 3 aliphatic carbocycles. The van der Waals surface area contributed by atoms with Crippen molar-refractivity contribution in [1.29, 1.82) is 5.26 Å². The predicted molar refractivity (Wildman–Crippen MR) is 211 cm³/mol. The van der Waals surface area contributed by atoms with Crippen molar-refractivity contribution in [2.45, 2.75) is 173 Å². The van der Waals surface area contributed by atoms with Gasteiger partial charge in [-0.1, -0.05) is 81.0 Å². The number of aliphatic imine (C=N–C) groups is 1. The summed E-state index contributed by atoms with van der Waals surface area (Å²) in [5.41, 5.74) is 0.541. The van der Waals surface area contributed by atoms with E-state index in [0.29, 0.717) is 76.8 Å². The zero-order valence-corrected chi connectivity index (χ0v) is 39.3. The van der Waals surface area contributed by atoms with E-state index >= 15 is 0 Å². The minimum absolute atomic E-state index is 0. The van der Waals surface area contributed by atoms with E-state index in [9.17, 15) is 18.2 Å². The second-order valence-corrected chi connectivity index (χ2v) is 21.8. The smallest absolute Gasteiger partial charge is 0.748 e. The Morgan fingerprint density at radius 3 is 2.00 bits per heavy atom. The number of thioether (sulfide) groups is 1. The summed E-state index contributed by atoms with van der Waals surface area (Å²) in [5.74, 6) is 4.25. The number of hydrogen-bond donors (Lipinski definition) is 3. The third-order valence-corrected chi connectivity index (χ3v) is 15.6. The molecule has 296 valence electrons. The fourth-order valence-electron chi connectivity index (χ4n) is 10.6. The molecule has 0 bridgehead atoms. The molecule has 0 amide bonds. The molecule has 4 fully saturated rings. The minimum Gasteiger partial charge on any atom is -0.748 e. The van der Waals surface area contributed by atoms with Gasteiger partial charge in [0.1, 0.15) is 17.7 Å². The van der Waals surface area contributed by atoms with Crippen molar-refractivity contribution in [3.8, 4) is 6.07 Å². The van der Waals surface area contributed by atoms with Crippen LogP contribution in [0.2, 0.25) is 0 Å². The van der Waals surface area contributed by atoms with Gasteiger partial charge in [0.2, 0.25) is 0 Å². The van der Waals surface area contributed by atoms with Gasteiger partial charge in [-0.25, -0.2) is 8.42 Å². The van der Waals surface area contributed by atoms with Crippen molar-refractivity contribution in [1.82, 2.24) is 25.7 Å². The van der Waals surface area contributed by atoms with Crippen LogP contribution in [-0.4, -0.2) is 74.9 Å². The van der Waals surface area contributed by atoms with Gasteiger partial charge in [-0.05, 0) is 92.8 Å². The fourth-order valence-corrected chi connectivity index (χ4v) is 13.0. The molecule has 0 spiro atoms. The summed E-state index contributed by atoms with van der Waals surface area (Å²) in [5, 5.41) is 37.2. The molecular formula is C39H64KN9O3S2. The molecule has 5 aliphatic rings. The molecule has 6 rings (SSSR count). The number of fused-ring (bicyclic) bond motifs is 1. The number of aromatic nitrogens is 2. The van der Waals surface area contributed by atoms with Crippen LogP contribution in [0.5, 0.6) is 0 Å². The number of nitrogens with one attached hydrogen (secondary N) is 3. The molecule has 0 radical (unpaired) electrons. The van der Waals surface area contributed by atoms with Crippen LogP contribution in [0.4, 0.5) is 5.82 Å². The molecule has 15 heteroatoms. The summed E-state index contributed by atoms with van der Waals surface area (Å²) < 4.78 is 37.4. The molecule has 3 heterocycles. The zero-order valence-electron chi connectivity index (χ0n) is 34.5. The van der Waals surface area contributed by atoms with Crippen LogP contribution >= 0.6 is 11.8 Å². The molecule has 1 aromatic rings. The van der Waals surface area contributed by atoms with Crippen molar-refractivity contribution in [2.75, 3.05) is 0 Å². The standard InChI is InChI=1S/C39H65N9O3S2.K/c1-20-13-22(3)32(23(4)14-20)42-31-17-26(7)34(36(43-31)44-33-24(5)15-21(2)16-25(33)6)45-46-37-28(19-40)35(39(8,9)10)47-48(37)38-41-29-12-11-27(53(49,50)51)18-30(29)52-38;/h20-27,29-34,36,42-44H,11-18H2,1-10H3,(H,49,50,51);/q;+1/p-1. The van der Waals surface area contributed by atoms with Crippen molar-refractivity contribution in [3.63, 3.8) is 0 Å². The van der Waals surface area contributed by atoms with Gasteiger partial charge >= 0.3 is 51.4 Å². The van der Waals surface area contributed by atoms with Gasteiger partial charge in [-0.15, -0.1) is 5.11 Å². The van der Waals surface area contributed by atoms with E-state index in [1.54, 1.807) is 4.68 Å². The Morgan fingerprint density at radius 1 is 0.889 bits per heavy atom. The third kappa shape index (κ3) is 9.95.